The van der Waals surface area contributed by atoms with Gasteiger partial charge in [0.2, 0.25) is 6.29 Å². The zero-order chi connectivity index (χ0) is 15.7. The second kappa shape index (κ2) is 5.88. The van der Waals surface area contributed by atoms with Crippen LogP contribution in [-0.2, 0) is 6.42 Å². The van der Waals surface area contributed by atoms with Gasteiger partial charge >= 0.3 is 0 Å². The van der Waals surface area contributed by atoms with Gasteiger partial charge in [-0.25, -0.2) is 4.48 Å². The lowest BCUT2D eigenvalue weighted by atomic mass is 9.96. The van der Waals surface area contributed by atoms with Crippen LogP contribution in [-0.4, -0.2) is 38.4 Å². The first-order chi connectivity index (χ1) is 10.6. The SMILES string of the molecule is CCc1cc(C2=CCNCC2)ccc1[N+]1(C)C=CN(C)C1N. The van der Waals surface area contributed by atoms with E-state index >= 15 is 0 Å². The first kappa shape index (κ1) is 15.3. The number of hydrogen-bond acceptors (Lipinski definition) is 3. The largest absolute Gasteiger partial charge is 0.314 e. The molecule has 2 unspecified atom stereocenters. The van der Waals surface area contributed by atoms with Crippen LogP contribution in [0.1, 0.15) is 24.5 Å². The van der Waals surface area contributed by atoms with Gasteiger partial charge < -0.3 is 10.2 Å². The van der Waals surface area contributed by atoms with Crippen LogP contribution in [0.2, 0.25) is 0 Å². The number of benzene rings is 1. The van der Waals surface area contributed by atoms with Crippen LogP contribution in [0.25, 0.3) is 5.57 Å². The van der Waals surface area contributed by atoms with E-state index in [9.17, 15) is 0 Å². The minimum atomic E-state index is -0.0609. The van der Waals surface area contributed by atoms with Gasteiger partial charge in [0.1, 0.15) is 11.9 Å². The summed E-state index contributed by atoms with van der Waals surface area (Å²) >= 11 is 0. The Kier molecular flexibility index (Phi) is 4.08. The summed E-state index contributed by atoms with van der Waals surface area (Å²) in [7, 11) is 4.22. The van der Waals surface area contributed by atoms with Crippen LogP contribution in [0.15, 0.2) is 36.7 Å². The van der Waals surface area contributed by atoms with Gasteiger partial charge in [0.05, 0.1) is 13.2 Å². The van der Waals surface area contributed by atoms with Crippen molar-refractivity contribution < 1.29 is 0 Å². The maximum absolute atomic E-state index is 6.41. The van der Waals surface area contributed by atoms with Crippen molar-refractivity contribution in [2.24, 2.45) is 5.73 Å². The van der Waals surface area contributed by atoms with Crippen molar-refractivity contribution >= 4 is 11.3 Å². The third-order valence-electron chi connectivity index (χ3n) is 4.99. The van der Waals surface area contributed by atoms with Crippen LogP contribution in [0, 0.1) is 0 Å². The maximum atomic E-state index is 6.41. The highest BCUT2D eigenvalue weighted by Gasteiger charge is 2.38. The number of nitrogens with zero attached hydrogens (tertiary/aromatic N) is 2. The first-order valence-electron chi connectivity index (χ1n) is 8.12. The topological polar surface area (TPSA) is 41.3 Å². The summed E-state index contributed by atoms with van der Waals surface area (Å²) in [5.41, 5.74) is 11.9. The summed E-state index contributed by atoms with van der Waals surface area (Å²) < 4.78 is 0.639. The monoisotopic (exact) mass is 299 g/mol. The van der Waals surface area contributed by atoms with Gasteiger partial charge in [-0.1, -0.05) is 13.0 Å². The van der Waals surface area contributed by atoms with E-state index in [0.29, 0.717) is 4.48 Å². The Morgan fingerprint density at radius 2 is 2.23 bits per heavy atom. The van der Waals surface area contributed by atoms with Gasteiger partial charge in [-0.15, -0.1) is 0 Å². The summed E-state index contributed by atoms with van der Waals surface area (Å²) in [6.07, 6.45) is 8.64. The number of hydrogen-bond donors (Lipinski definition) is 2. The molecule has 0 saturated heterocycles. The van der Waals surface area contributed by atoms with Crippen LogP contribution < -0.4 is 15.5 Å². The van der Waals surface area contributed by atoms with Crippen LogP contribution in [0.4, 0.5) is 5.69 Å². The van der Waals surface area contributed by atoms with E-state index in [1.807, 2.05) is 7.05 Å². The lowest BCUT2D eigenvalue weighted by Gasteiger charge is -2.35. The van der Waals surface area contributed by atoms with Gasteiger partial charge in [0, 0.05) is 25.2 Å². The number of aryl methyl sites for hydroxylation is 1. The van der Waals surface area contributed by atoms with E-state index < -0.39 is 0 Å². The normalized spacial score (nSPS) is 28.1. The van der Waals surface area contributed by atoms with E-state index in [2.05, 4.69) is 60.9 Å². The molecular weight excluding hydrogens is 272 g/mol. The molecule has 118 valence electrons. The Bertz CT molecular complexity index is 620. The standard InChI is InChI=1S/C18H27N4/c1-4-14-13-16(15-7-9-20-10-8-15)5-6-17(14)22(3)12-11-21(2)18(22)19/h5-7,11-13,18,20H,4,8-10,19H2,1-3H3/q+1. The van der Waals surface area contributed by atoms with Crippen LogP contribution in [0.3, 0.4) is 0 Å². The maximum Gasteiger partial charge on any atom is 0.228 e. The van der Waals surface area contributed by atoms with Gasteiger partial charge in [-0.3, -0.25) is 5.73 Å². The Labute approximate surface area is 133 Å². The lowest BCUT2D eigenvalue weighted by molar-refractivity contribution is 0.212. The number of nitrogens with two attached hydrogens (primary N) is 1. The molecule has 2 aliphatic heterocycles. The minimum absolute atomic E-state index is 0.0609. The van der Waals surface area contributed by atoms with Crippen molar-refractivity contribution in [2.45, 2.75) is 26.1 Å². The fourth-order valence-corrected chi connectivity index (χ4v) is 3.44. The van der Waals surface area contributed by atoms with E-state index in [-0.39, 0.29) is 6.29 Å². The first-order valence-corrected chi connectivity index (χ1v) is 8.12. The van der Waals surface area contributed by atoms with Crippen molar-refractivity contribution in [3.63, 3.8) is 0 Å². The molecule has 2 aliphatic rings. The fourth-order valence-electron chi connectivity index (χ4n) is 3.44. The zero-order valence-corrected chi connectivity index (χ0v) is 13.8. The molecule has 22 heavy (non-hydrogen) atoms. The predicted molar refractivity (Wildman–Crippen MR) is 93.9 cm³/mol. The molecule has 0 amide bonds. The van der Waals surface area contributed by atoms with Crippen molar-refractivity contribution in [2.75, 3.05) is 27.2 Å². The zero-order valence-electron chi connectivity index (χ0n) is 13.8. The second-order valence-electron chi connectivity index (χ2n) is 6.41. The fraction of sp³-hybridized carbons (Fsp3) is 0.444. The van der Waals surface area contributed by atoms with Gasteiger partial charge in [0.25, 0.3) is 0 Å². The predicted octanol–water partition coefficient (Wildman–Crippen LogP) is 2.22. The quantitative estimate of drug-likeness (QED) is 0.841. The van der Waals surface area contributed by atoms with E-state index in [0.717, 1.165) is 25.9 Å². The molecule has 3 N–H and O–H groups in total. The van der Waals surface area contributed by atoms with Crippen molar-refractivity contribution in [1.82, 2.24) is 14.7 Å². The highest BCUT2D eigenvalue weighted by molar-refractivity contribution is 5.70. The minimum Gasteiger partial charge on any atom is -0.314 e. The number of nitrogens with one attached hydrogen (secondary N) is 1. The molecule has 3 rings (SSSR count). The van der Waals surface area contributed by atoms with E-state index in [1.165, 1.54) is 22.4 Å². The number of rotatable bonds is 3. The molecule has 0 aliphatic carbocycles. The van der Waals surface area contributed by atoms with E-state index in [4.69, 9.17) is 5.73 Å². The third-order valence-corrected chi connectivity index (χ3v) is 4.99. The Hall–Kier alpha value is -1.62. The molecular formula is C18H27N4+. The molecule has 1 aromatic rings. The summed E-state index contributed by atoms with van der Waals surface area (Å²) in [4.78, 5) is 2.07. The summed E-state index contributed by atoms with van der Waals surface area (Å²) in [5, 5.41) is 3.38. The highest BCUT2D eigenvalue weighted by atomic mass is 15.5. The summed E-state index contributed by atoms with van der Waals surface area (Å²) in [6.45, 7) is 4.27. The Morgan fingerprint density at radius 1 is 1.41 bits per heavy atom. The molecule has 0 radical (unpaired) electrons. The molecule has 2 atom stereocenters. The molecule has 1 aromatic carbocycles. The molecule has 4 nitrogen and oxygen atoms in total. The van der Waals surface area contributed by atoms with Gasteiger partial charge in [0.15, 0.2) is 0 Å². The lowest BCUT2D eigenvalue weighted by Crippen LogP contribution is -2.57. The molecule has 0 saturated carbocycles. The van der Waals surface area contributed by atoms with Crippen molar-refractivity contribution in [3.8, 4) is 0 Å². The van der Waals surface area contributed by atoms with Crippen LogP contribution >= 0.6 is 0 Å². The van der Waals surface area contributed by atoms with E-state index in [1.54, 1.807) is 0 Å². The molecule has 0 fully saturated rings. The average Bonchev–Trinajstić information content (AvgIpc) is 2.83. The smallest absolute Gasteiger partial charge is 0.228 e. The molecule has 0 spiro atoms. The molecule has 0 aromatic heterocycles. The van der Waals surface area contributed by atoms with Crippen LogP contribution in [0.5, 0.6) is 0 Å². The number of quaternary nitrogens is 1. The third kappa shape index (κ3) is 2.47. The van der Waals surface area contributed by atoms with Gasteiger partial charge in [-0.2, -0.15) is 0 Å². The second-order valence-corrected chi connectivity index (χ2v) is 6.41. The Balaban J connectivity index is 2.00. The van der Waals surface area contributed by atoms with Gasteiger partial charge in [-0.05, 0) is 42.7 Å². The summed E-state index contributed by atoms with van der Waals surface area (Å²) in [6, 6.07) is 6.88. The molecule has 4 heteroatoms. The molecule has 2 heterocycles. The summed E-state index contributed by atoms with van der Waals surface area (Å²) in [5.74, 6) is 0. The molecule has 0 bridgehead atoms. The average molecular weight is 299 g/mol. The van der Waals surface area contributed by atoms with Crippen molar-refractivity contribution in [1.29, 1.82) is 0 Å². The van der Waals surface area contributed by atoms with Crippen molar-refractivity contribution in [3.05, 3.63) is 47.8 Å². The Morgan fingerprint density at radius 3 is 2.82 bits per heavy atom. The highest BCUT2D eigenvalue weighted by Crippen LogP contribution is 2.34.